The summed E-state index contributed by atoms with van der Waals surface area (Å²) >= 11 is 1.58. The van der Waals surface area contributed by atoms with Gasteiger partial charge in [-0.2, -0.15) is 24.5 Å². The fraction of sp³-hybridized carbons (Fsp3) is 0.615. The molecule has 1 N–H and O–H groups in total. The SMILES string of the molecule is Cc1cscc1Cn1nnnc1N1CCC(O)(C(F)(F)F)CC1. The number of aromatic nitrogens is 4. The van der Waals surface area contributed by atoms with Crippen LogP contribution in [0, 0.1) is 6.92 Å². The molecule has 23 heavy (non-hydrogen) atoms. The molecule has 1 fully saturated rings. The minimum absolute atomic E-state index is 0.0546. The van der Waals surface area contributed by atoms with Crippen molar-refractivity contribution in [3.8, 4) is 0 Å². The van der Waals surface area contributed by atoms with Crippen LogP contribution in [-0.4, -0.2) is 50.2 Å². The molecule has 0 aromatic carbocycles. The van der Waals surface area contributed by atoms with Gasteiger partial charge in [0.05, 0.1) is 6.54 Å². The first-order valence-electron chi connectivity index (χ1n) is 7.12. The molecule has 2 aromatic heterocycles. The maximum atomic E-state index is 12.9. The zero-order valence-electron chi connectivity index (χ0n) is 12.4. The number of anilines is 1. The molecule has 0 unspecified atom stereocenters. The maximum absolute atomic E-state index is 12.9. The van der Waals surface area contributed by atoms with Crippen LogP contribution >= 0.6 is 11.3 Å². The molecule has 10 heteroatoms. The van der Waals surface area contributed by atoms with Gasteiger partial charge in [-0.3, -0.25) is 0 Å². The molecule has 1 aliphatic heterocycles. The highest BCUT2D eigenvalue weighted by atomic mass is 32.1. The lowest BCUT2D eigenvalue weighted by atomic mass is 9.91. The van der Waals surface area contributed by atoms with E-state index in [1.165, 1.54) is 0 Å². The van der Waals surface area contributed by atoms with Gasteiger partial charge in [0.2, 0.25) is 5.95 Å². The number of aliphatic hydroxyl groups is 1. The number of hydrogen-bond donors (Lipinski definition) is 1. The summed E-state index contributed by atoms with van der Waals surface area (Å²) < 4.78 is 40.2. The summed E-state index contributed by atoms with van der Waals surface area (Å²) in [4.78, 5) is 1.68. The summed E-state index contributed by atoms with van der Waals surface area (Å²) in [5.74, 6) is 0.430. The van der Waals surface area contributed by atoms with Gasteiger partial charge < -0.3 is 10.0 Å². The van der Waals surface area contributed by atoms with Crippen LogP contribution in [0.25, 0.3) is 0 Å². The Morgan fingerprint density at radius 1 is 1.30 bits per heavy atom. The van der Waals surface area contributed by atoms with Crippen molar-refractivity contribution in [3.63, 3.8) is 0 Å². The van der Waals surface area contributed by atoms with Crippen molar-refractivity contribution in [1.82, 2.24) is 20.2 Å². The van der Waals surface area contributed by atoms with E-state index >= 15 is 0 Å². The first-order valence-corrected chi connectivity index (χ1v) is 8.06. The molecule has 0 aliphatic carbocycles. The first-order chi connectivity index (χ1) is 10.8. The number of rotatable bonds is 3. The lowest BCUT2D eigenvalue weighted by molar-refractivity contribution is -0.266. The highest BCUT2D eigenvalue weighted by molar-refractivity contribution is 7.08. The van der Waals surface area contributed by atoms with E-state index < -0.39 is 11.8 Å². The van der Waals surface area contributed by atoms with Crippen molar-refractivity contribution < 1.29 is 18.3 Å². The van der Waals surface area contributed by atoms with E-state index in [0.29, 0.717) is 12.5 Å². The monoisotopic (exact) mass is 347 g/mol. The lowest BCUT2D eigenvalue weighted by Gasteiger charge is -2.39. The Morgan fingerprint density at radius 2 is 2.00 bits per heavy atom. The number of halogens is 3. The minimum atomic E-state index is -4.61. The molecule has 0 amide bonds. The largest absolute Gasteiger partial charge is 0.417 e. The van der Waals surface area contributed by atoms with Crippen LogP contribution < -0.4 is 4.90 Å². The molecular formula is C13H16F3N5OS. The number of piperidine rings is 1. The summed E-state index contributed by atoms with van der Waals surface area (Å²) in [5, 5.41) is 25.2. The van der Waals surface area contributed by atoms with Gasteiger partial charge in [-0.25, -0.2) is 4.68 Å². The van der Waals surface area contributed by atoms with Crippen LogP contribution in [0.3, 0.4) is 0 Å². The second-order valence-corrected chi connectivity index (χ2v) is 6.48. The van der Waals surface area contributed by atoms with Crippen molar-refractivity contribution in [1.29, 1.82) is 0 Å². The highest BCUT2D eigenvalue weighted by Gasteiger charge is 2.54. The van der Waals surface area contributed by atoms with Crippen LogP contribution in [0.1, 0.15) is 24.0 Å². The predicted molar refractivity (Wildman–Crippen MR) is 78.4 cm³/mol. The normalized spacial score (nSPS) is 18.4. The number of hydrogen-bond acceptors (Lipinski definition) is 6. The van der Waals surface area contributed by atoms with E-state index in [-0.39, 0.29) is 25.9 Å². The summed E-state index contributed by atoms with van der Waals surface area (Å²) in [6.45, 7) is 2.57. The van der Waals surface area contributed by atoms with E-state index in [4.69, 9.17) is 0 Å². The Kier molecular flexibility index (Phi) is 4.05. The van der Waals surface area contributed by atoms with Crippen LogP contribution in [0.2, 0.25) is 0 Å². The summed E-state index contributed by atoms with van der Waals surface area (Å²) in [5.41, 5.74) is -0.417. The van der Waals surface area contributed by atoms with Gasteiger partial charge in [-0.15, -0.1) is 0 Å². The zero-order valence-corrected chi connectivity index (χ0v) is 13.2. The molecule has 1 aliphatic rings. The summed E-state index contributed by atoms with van der Waals surface area (Å²) in [6, 6.07) is 0. The molecule has 0 bridgehead atoms. The van der Waals surface area contributed by atoms with E-state index in [2.05, 4.69) is 15.5 Å². The first kappa shape index (κ1) is 16.2. The molecule has 6 nitrogen and oxygen atoms in total. The van der Waals surface area contributed by atoms with E-state index in [1.54, 1.807) is 20.9 Å². The second kappa shape index (κ2) is 5.75. The fourth-order valence-corrected chi connectivity index (χ4v) is 3.45. The van der Waals surface area contributed by atoms with Gasteiger partial charge in [-0.05, 0) is 39.2 Å². The van der Waals surface area contributed by atoms with Crippen molar-refractivity contribution in [2.45, 2.75) is 38.1 Å². The molecule has 3 rings (SSSR count). The fourth-order valence-electron chi connectivity index (χ4n) is 2.60. The van der Waals surface area contributed by atoms with E-state index in [1.807, 2.05) is 17.7 Å². The topological polar surface area (TPSA) is 67.1 Å². The quantitative estimate of drug-likeness (QED) is 0.920. The van der Waals surface area contributed by atoms with Crippen LogP contribution in [0.4, 0.5) is 19.1 Å². The van der Waals surface area contributed by atoms with Crippen LogP contribution in [0.15, 0.2) is 10.8 Å². The molecule has 0 saturated carbocycles. The number of tetrazole rings is 1. The Hall–Kier alpha value is -1.68. The third kappa shape index (κ3) is 3.05. The smallest absolute Gasteiger partial charge is 0.380 e. The van der Waals surface area contributed by atoms with Gasteiger partial charge >= 0.3 is 6.18 Å². The average Bonchev–Trinajstić information content (AvgIpc) is 3.09. The third-order valence-corrected chi connectivity index (χ3v) is 5.11. The molecule has 0 spiro atoms. The Labute approximate surface area is 134 Å². The Morgan fingerprint density at radius 3 is 2.57 bits per heavy atom. The van der Waals surface area contributed by atoms with E-state index in [9.17, 15) is 18.3 Å². The molecule has 3 heterocycles. The minimum Gasteiger partial charge on any atom is -0.380 e. The predicted octanol–water partition coefficient (Wildman–Crippen LogP) is 1.98. The van der Waals surface area contributed by atoms with Crippen molar-refractivity contribution in [2.75, 3.05) is 18.0 Å². The zero-order chi connectivity index (χ0) is 16.7. The van der Waals surface area contributed by atoms with Gasteiger partial charge in [-0.1, -0.05) is 5.10 Å². The summed E-state index contributed by atoms with van der Waals surface area (Å²) in [7, 11) is 0. The van der Waals surface area contributed by atoms with Gasteiger partial charge in [0.25, 0.3) is 0 Å². The highest BCUT2D eigenvalue weighted by Crippen LogP contribution is 2.38. The van der Waals surface area contributed by atoms with Crippen molar-refractivity contribution in [3.05, 3.63) is 21.9 Å². The molecule has 0 radical (unpaired) electrons. The Balaban J connectivity index is 1.73. The molecule has 1 saturated heterocycles. The standard InChI is InChI=1S/C13H16F3N5OS/c1-9-7-23-8-10(9)6-21-11(17-18-19-21)20-4-2-12(22,3-5-20)13(14,15)16/h7-8,22H,2-6H2,1H3. The average molecular weight is 347 g/mol. The molecular weight excluding hydrogens is 331 g/mol. The van der Waals surface area contributed by atoms with Gasteiger partial charge in [0.15, 0.2) is 5.60 Å². The third-order valence-electron chi connectivity index (χ3n) is 4.20. The molecule has 2 aromatic rings. The van der Waals surface area contributed by atoms with Crippen molar-refractivity contribution in [2.24, 2.45) is 0 Å². The second-order valence-electron chi connectivity index (χ2n) is 5.73. The van der Waals surface area contributed by atoms with Gasteiger partial charge in [0.1, 0.15) is 0 Å². The maximum Gasteiger partial charge on any atom is 0.417 e. The lowest BCUT2D eigenvalue weighted by Crippen LogP contribution is -2.53. The van der Waals surface area contributed by atoms with Crippen LogP contribution in [0.5, 0.6) is 0 Å². The Bertz CT molecular complexity index is 675. The molecule has 0 atom stereocenters. The van der Waals surface area contributed by atoms with Crippen LogP contribution in [-0.2, 0) is 6.54 Å². The number of thiophene rings is 1. The number of nitrogens with zero attached hydrogens (tertiary/aromatic N) is 5. The van der Waals surface area contributed by atoms with E-state index in [0.717, 1.165) is 11.1 Å². The number of aryl methyl sites for hydroxylation is 1. The number of alkyl halides is 3. The van der Waals surface area contributed by atoms with Gasteiger partial charge in [0, 0.05) is 25.9 Å². The summed E-state index contributed by atoms with van der Waals surface area (Å²) in [6.07, 6.45) is -5.39. The van der Waals surface area contributed by atoms with Crippen molar-refractivity contribution >= 4 is 17.3 Å². The molecule has 126 valence electrons.